The monoisotopic (exact) mass is 309 g/mol. The fraction of sp³-hybridized carbons (Fsp3) is 0.647. The standard InChI is InChI=1S/C17H24ClNO2/c1-17(2)15(11-6-5-9-21-16(11)17)19-10-12-13(18)7-4-8-14(12)20-3/h4,7-8,11,15-16,19H,5-6,9-10H2,1-3H3. The number of nitrogens with one attached hydrogen (secondary N) is 1. The maximum absolute atomic E-state index is 6.32. The molecule has 1 saturated heterocycles. The van der Waals surface area contributed by atoms with Crippen molar-refractivity contribution in [3.05, 3.63) is 28.8 Å². The Kier molecular flexibility index (Phi) is 4.17. The summed E-state index contributed by atoms with van der Waals surface area (Å²) in [4.78, 5) is 0. The second-order valence-electron chi connectivity index (χ2n) is 6.70. The maximum atomic E-state index is 6.32. The van der Waals surface area contributed by atoms with E-state index < -0.39 is 0 Å². The Bertz CT molecular complexity index is 518. The highest BCUT2D eigenvalue weighted by atomic mass is 35.5. The molecular weight excluding hydrogens is 286 g/mol. The van der Waals surface area contributed by atoms with E-state index >= 15 is 0 Å². The number of methoxy groups -OCH3 is 1. The molecule has 0 bridgehead atoms. The van der Waals surface area contributed by atoms with Crippen molar-refractivity contribution in [2.45, 2.75) is 45.4 Å². The van der Waals surface area contributed by atoms with E-state index in [4.69, 9.17) is 21.1 Å². The summed E-state index contributed by atoms with van der Waals surface area (Å²) in [5, 5.41) is 4.46. The lowest BCUT2D eigenvalue weighted by Gasteiger charge is -2.60. The van der Waals surface area contributed by atoms with Crippen LogP contribution in [0.3, 0.4) is 0 Å². The van der Waals surface area contributed by atoms with Crippen LogP contribution in [0.1, 0.15) is 32.3 Å². The first-order valence-corrected chi connectivity index (χ1v) is 8.10. The molecule has 0 amide bonds. The lowest BCUT2D eigenvalue weighted by atomic mass is 9.55. The molecule has 1 N–H and O–H groups in total. The van der Waals surface area contributed by atoms with Crippen molar-refractivity contribution in [1.29, 1.82) is 0 Å². The molecule has 2 aliphatic rings. The topological polar surface area (TPSA) is 30.5 Å². The van der Waals surface area contributed by atoms with Gasteiger partial charge < -0.3 is 14.8 Å². The van der Waals surface area contributed by atoms with Gasteiger partial charge in [0.1, 0.15) is 5.75 Å². The molecule has 3 atom stereocenters. The Morgan fingerprint density at radius 3 is 3.00 bits per heavy atom. The predicted molar refractivity (Wildman–Crippen MR) is 84.9 cm³/mol. The lowest BCUT2D eigenvalue weighted by molar-refractivity contribution is -0.193. The zero-order chi connectivity index (χ0) is 15.0. The minimum absolute atomic E-state index is 0.180. The third-order valence-electron chi connectivity index (χ3n) is 5.13. The molecule has 2 fully saturated rings. The van der Waals surface area contributed by atoms with Crippen LogP contribution in [0.5, 0.6) is 5.75 Å². The van der Waals surface area contributed by atoms with Crippen LogP contribution in [-0.4, -0.2) is 25.9 Å². The minimum Gasteiger partial charge on any atom is -0.496 e. The van der Waals surface area contributed by atoms with Gasteiger partial charge in [0.15, 0.2) is 0 Å². The molecule has 4 heteroatoms. The van der Waals surface area contributed by atoms with Gasteiger partial charge in [-0.05, 0) is 25.0 Å². The van der Waals surface area contributed by atoms with E-state index in [-0.39, 0.29) is 5.41 Å². The summed E-state index contributed by atoms with van der Waals surface area (Å²) in [6.45, 7) is 6.23. The highest BCUT2D eigenvalue weighted by molar-refractivity contribution is 6.31. The average molecular weight is 310 g/mol. The molecule has 0 aromatic heterocycles. The number of rotatable bonds is 4. The molecule has 3 rings (SSSR count). The van der Waals surface area contributed by atoms with Crippen molar-refractivity contribution in [2.24, 2.45) is 11.3 Å². The molecule has 3 unspecified atom stereocenters. The van der Waals surface area contributed by atoms with Crippen molar-refractivity contribution in [1.82, 2.24) is 5.32 Å². The van der Waals surface area contributed by atoms with E-state index in [9.17, 15) is 0 Å². The number of fused-ring (bicyclic) bond motifs is 1. The van der Waals surface area contributed by atoms with Crippen molar-refractivity contribution < 1.29 is 9.47 Å². The van der Waals surface area contributed by atoms with Gasteiger partial charge in [-0.25, -0.2) is 0 Å². The molecule has 1 aromatic rings. The number of benzene rings is 1. The molecular formula is C17H24ClNO2. The normalized spacial score (nSPS) is 30.4. The first-order chi connectivity index (χ1) is 10.1. The molecule has 0 radical (unpaired) electrons. The van der Waals surface area contributed by atoms with Crippen molar-refractivity contribution >= 4 is 11.6 Å². The SMILES string of the molecule is COc1cccc(Cl)c1CNC1C2CCCOC2C1(C)C. The summed E-state index contributed by atoms with van der Waals surface area (Å²) in [5.41, 5.74) is 1.22. The molecule has 1 saturated carbocycles. The van der Waals surface area contributed by atoms with E-state index in [1.807, 2.05) is 18.2 Å². The van der Waals surface area contributed by atoms with Gasteiger partial charge in [-0.1, -0.05) is 31.5 Å². The third-order valence-corrected chi connectivity index (χ3v) is 5.48. The molecule has 1 heterocycles. The molecule has 0 spiro atoms. The predicted octanol–water partition coefficient (Wildman–Crippen LogP) is 3.64. The molecule has 1 aromatic carbocycles. The van der Waals surface area contributed by atoms with Crippen LogP contribution in [-0.2, 0) is 11.3 Å². The summed E-state index contributed by atoms with van der Waals surface area (Å²) in [7, 11) is 1.69. The van der Waals surface area contributed by atoms with Crippen LogP contribution in [0.15, 0.2) is 18.2 Å². The lowest BCUT2D eigenvalue weighted by Crippen LogP contribution is -2.69. The number of halogens is 1. The number of hydrogen-bond donors (Lipinski definition) is 1. The van der Waals surface area contributed by atoms with Crippen molar-refractivity contribution in [3.63, 3.8) is 0 Å². The van der Waals surface area contributed by atoms with Gasteiger partial charge in [-0.3, -0.25) is 0 Å². The smallest absolute Gasteiger partial charge is 0.124 e. The summed E-state index contributed by atoms with van der Waals surface area (Å²) in [6.07, 6.45) is 2.83. The molecule has 1 aliphatic heterocycles. The van der Waals surface area contributed by atoms with E-state index in [0.29, 0.717) is 18.1 Å². The van der Waals surface area contributed by atoms with Gasteiger partial charge >= 0.3 is 0 Å². The van der Waals surface area contributed by atoms with Crippen LogP contribution in [0.4, 0.5) is 0 Å². The van der Waals surface area contributed by atoms with Crippen molar-refractivity contribution in [2.75, 3.05) is 13.7 Å². The van der Waals surface area contributed by atoms with E-state index in [0.717, 1.165) is 29.5 Å². The second-order valence-corrected chi connectivity index (χ2v) is 7.11. The van der Waals surface area contributed by atoms with Crippen LogP contribution >= 0.6 is 11.6 Å². The Balaban J connectivity index is 1.71. The number of ether oxygens (including phenoxy) is 2. The maximum Gasteiger partial charge on any atom is 0.124 e. The van der Waals surface area contributed by atoms with Gasteiger partial charge in [-0.2, -0.15) is 0 Å². The fourth-order valence-electron chi connectivity index (χ4n) is 4.05. The van der Waals surface area contributed by atoms with E-state index in [2.05, 4.69) is 19.2 Å². The van der Waals surface area contributed by atoms with Gasteiger partial charge in [0, 0.05) is 41.1 Å². The Labute approximate surface area is 132 Å². The fourth-order valence-corrected chi connectivity index (χ4v) is 4.28. The third kappa shape index (κ3) is 2.56. The zero-order valence-corrected chi connectivity index (χ0v) is 13.7. The van der Waals surface area contributed by atoms with E-state index in [1.54, 1.807) is 7.11 Å². The van der Waals surface area contributed by atoms with Gasteiger partial charge in [0.25, 0.3) is 0 Å². The quantitative estimate of drug-likeness (QED) is 0.921. The first kappa shape index (κ1) is 15.1. The van der Waals surface area contributed by atoms with Crippen LogP contribution in [0, 0.1) is 11.3 Å². The summed E-state index contributed by atoms with van der Waals surface area (Å²) >= 11 is 6.32. The summed E-state index contributed by atoms with van der Waals surface area (Å²) in [5.74, 6) is 1.48. The Morgan fingerprint density at radius 1 is 1.43 bits per heavy atom. The molecule has 21 heavy (non-hydrogen) atoms. The first-order valence-electron chi connectivity index (χ1n) is 7.72. The summed E-state index contributed by atoms with van der Waals surface area (Å²) < 4.78 is 11.4. The van der Waals surface area contributed by atoms with Crippen LogP contribution in [0.25, 0.3) is 0 Å². The van der Waals surface area contributed by atoms with Gasteiger partial charge in [0.2, 0.25) is 0 Å². The Morgan fingerprint density at radius 2 is 2.24 bits per heavy atom. The minimum atomic E-state index is 0.180. The van der Waals surface area contributed by atoms with Crippen LogP contribution in [0.2, 0.25) is 5.02 Å². The van der Waals surface area contributed by atoms with Crippen molar-refractivity contribution in [3.8, 4) is 5.75 Å². The summed E-state index contributed by atoms with van der Waals surface area (Å²) in [6, 6.07) is 6.27. The van der Waals surface area contributed by atoms with Crippen LogP contribution < -0.4 is 10.1 Å². The largest absolute Gasteiger partial charge is 0.496 e. The average Bonchev–Trinajstić information content (AvgIpc) is 2.48. The highest BCUT2D eigenvalue weighted by Crippen LogP contribution is 2.51. The van der Waals surface area contributed by atoms with E-state index in [1.165, 1.54) is 12.8 Å². The van der Waals surface area contributed by atoms with Gasteiger partial charge in [-0.15, -0.1) is 0 Å². The Hall–Kier alpha value is -0.770. The number of hydrogen-bond acceptors (Lipinski definition) is 3. The van der Waals surface area contributed by atoms with Gasteiger partial charge in [0.05, 0.1) is 13.2 Å². The molecule has 3 nitrogen and oxygen atoms in total. The second kappa shape index (κ2) is 5.79. The highest BCUT2D eigenvalue weighted by Gasteiger charge is 2.57. The molecule has 116 valence electrons. The molecule has 1 aliphatic carbocycles. The zero-order valence-electron chi connectivity index (χ0n) is 13.0.